The average Bonchev–Trinajstić information content (AvgIpc) is 2.42. The van der Waals surface area contributed by atoms with E-state index in [0.29, 0.717) is 31.5 Å². The standard InChI is InChI=1S/C15H29N3O3/c1-5-13-10-18(7-6-17(13)4)15(21)16-9-12(14(19)20)8-11(2)3/h11-13H,5-10H2,1-4H3,(H,16,21)(H,19,20). The number of rotatable bonds is 6. The first-order valence-corrected chi connectivity index (χ1v) is 7.80. The van der Waals surface area contributed by atoms with Crippen LogP contribution in [0.2, 0.25) is 0 Å². The van der Waals surface area contributed by atoms with E-state index in [0.717, 1.165) is 13.0 Å². The van der Waals surface area contributed by atoms with Gasteiger partial charge in [-0.2, -0.15) is 0 Å². The van der Waals surface area contributed by atoms with E-state index in [1.165, 1.54) is 0 Å². The van der Waals surface area contributed by atoms with Crippen molar-refractivity contribution in [3.05, 3.63) is 0 Å². The van der Waals surface area contributed by atoms with Gasteiger partial charge in [0.25, 0.3) is 0 Å². The molecule has 0 spiro atoms. The number of nitrogens with one attached hydrogen (secondary N) is 1. The summed E-state index contributed by atoms with van der Waals surface area (Å²) >= 11 is 0. The highest BCUT2D eigenvalue weighted by Crippen LogP contribution is 2.13. The number of amides is 2. The van der Waals surface area contributed by atoms with Gasteiger partial charge < -0.3 is 15.3 Å². The van der Waals surface area contributed by atoms with Crippen LogP contribution in [0.5, 0.6) is 0 Å². The van der Waals surface area contributed by atoms with Crippen LogP contribution in [0, 0.1) is 11.8 Å². The fourth-order valence-corrected chi connectivity index (χ4v) is 2.73. The van der Waals surface area contributed by atoms with Crippen LogP contribution < -0.4 is 5.32 Å². The summed E-state index contributed by atoms with van der Waals surface area (Å²) in [5.74, 6) is -1.05. The third-order valence-electron chi connectivity index (χ3n) is 4.14. The molecule has 2 N–H and O–H groups in total. The molecule has 0 radical (unpaired) electrons. The van der Waals surface area contributed by atoms with E-state index < -0.39 is 11.9 Å². The van der Waals surface area contributed by atoms with Crippen molar-refractivity contribution in [2.45, 2.75) is 39.7 Å². The van der Waals surface area contributed by atoms with Crippen molar-refractivity contribution in [3.63, 3.8) is 0 Å². The van der Waals surface area contributed by atoms with Crippen molar-refractivity contribution in [1.82, 2.24) is 15.1 Å². The average molecular weight is 299 g/mol. The molecular weight excluding hydrogens is 270 g/mol. The maximum atomic E-state index is 12.2. The minimum Gasteiger partial charge on any atom is -0.481 e. The predicted octanol–water partition coefficient (Wildman–Crippen LogP) is 1.47. The van der Waals surface area contributed by atoms with Crippen molar-refractivity contribution < 1.29 is 14.7 Å². The molecule has 0 bridgehead atoms. The second-order valence-corrected chi connectivity index (χ2v) is 6.34. The SMILES string of the molecule is CCC1CN(C(=O)NCC(CC(C)C)C(=O)O)CCN1C. The number of carbonyl (C=O) groups is 2. The van der Waals surface area contributed by atoms with Gasteiger partial charge in [0.15, 0.2) is 0 Å². The number of aliphatic carboxylic acids is 1. The summed E-state index contributed by atoms with van der Waals surface area (Å²) in [5, 5.41) is 12.0. The first kappa shape index (κ1) is 17.8. The molecular formula is C15H29N3O3. The Morgan fingerprint density at radius 1 is 1.33 bits per heavy atom. The van der Waals surface area contributed by atoms with Crippen molar-refractivity contribution in [2.75, 3.05) is 33.2 Å². The van der Waals surface area contributed by atoms with Crippen LogP contribution in [0.4, 0.5) is 4.79 Å². The normalized spacial score (nSPS) is 21.4. The maximum absolute atomic E-state index is 12.2. The van der Waals surface area contributed by atoms with Crippen molar-refractivity contribution in [1.29, 1.82) is 0 Å². The Morgan fingerprint density at radius 3 is 2.52 bits per heavy atom. The molecule has 0 aromatic rings. The Morgan fingerprint density at radius 2 is 2.00 bits per heavy atom. The van der Waals surface area contributed by atoms with Gasteiger partial charge >= 0.3 is 12.0 Å². The highest BCUT2D eigenvalue weighted by molar-refractivity contribution is 5.76. The Labute approximate surface area is 127 Å². The number of urea groups is 1. The van der Waals surface area contributed by atoms with Crippen LogP contribution in [-0.4, -0.2) is 66.2 Å². The topological polar surface area (TPSA) is 72.9 Å². The molecule has 1 fully saturated rings. The Balaban J connectivity index is 2.47. The van der Waals surface area contributed by atoms with Crippen LogP contribution in [0.15, 0.2) is 0 Å². The van der Waals surface area contributed by atoms with Crippen LogP contribution >= 0.6 is 0 Å². The van der Waals surface area contributed by atoms with Gasteiger partial charge in [0.05, 0.1) is 5.92 Å². The van der Waals surface area contributed by atoms with E-state index in [1.807, 2.05) is 13.8 Å². The Kier molecular flexibility index (Phi) is 6.95. The monoisotopic (exact) mass is 299 g/mol. The Hall–Kier alpha value is -1.30. The Bertz CT molecular complexity index is 360. The summed E-state index contributed by atoms with van der Waals surface area (Å²) in [6.07, 6.45) is 1.58. The predicted molar refractivity (Wildman–Crippen MR) is 82.3 cm³/mol. The summed E-state index contributed by atoms with van der Waals surface area (Å²) < 4.78 is 0. The van der Waals surface area contributed by atoms with E-state index in [9.17, 15) is 14.7 Å². The molecule has 1 rings (SSSR count). The van der Waals surface area contributed by atoms with Gasteiger partial charge in [-0.15, -0.1) is 0 Å². The number of hydrogen-bond donors (Lipinski definition) is 2. The van der Waals surface area contributed by atoms with Crippen LogP contribution in [0.25, 0.3) is 0 Å². The van der Waals surface area contributed by atoms with Gasteiger partial charge in [-0.25, -0.2) is 4.79 Å². The van der Waals surface area contributed by atoms with Gasteiger partial charge in [0.1, 0.15) is 0 Å². The molecule has 1 aliphatic heterocycles. The number of carboxylic acid groups (broad SMARTS) is 1. The van der Waals surface area contributed by atoms with Crippen LogP contribution in [0.3, 0.4) is 0 Å². The minimum atomic E-state index is -0.839. The second-order valence-electron chi connectivity index (χ2n) is 6.34. The number of nitrogens with zero attached hydrogens (tertiary/aromatic N) is 2. The third-order valence-corrected chi connectivity index (χ3v) is 4.14. The zero-order valence-electron chi connectivity index (χ0n) is 13.6. The van der Waals surface area contributed by atoms with E-state index >= 15 is 0 Å². The zero-order valence-corrected chi connectivity index (χ0v) is 13.6. The van der Waals surface area contributed by atoms with Crippen LogP contribution in [0.1, 0.15) is 33.6 Å². The first-order chi connectivity index (χ1) is 9.85. The molecule has 21 heavy (non-hydrogen) atoms. The number of piperazine rings is 1. The van der Waals surface area contributed by atoms with E-state index in [2.05, 4.69) is 24.2 Å². The molecule has 2 atom stereocenters. The zero-order chi connectivity index (χ0) is 16.0. The van der Waals surface area contributed by atoms with E-state index in [4.69, 9.17) is 0 Å². The highest BCUT2D eigenvalue weighted by Gasteiger charge is 2.27. The second kappa shape index (κ2) is 8.22. The van der Waals surface area contributed by atoms with Gasteiger partial charge in [-0.3, -0.25) is 9.69 Å². The molecule has 2 unspecified atom stereocenters. The molecule has 0 saturated carbocycles. The largest absolute Gasteiger partial charge is 0.481 e. The molecule has 1 aliphatic rings. The van der Waals surface area contributed by atoms with Crippen molar-refractivity contribution in [2.24, 2.45) is 11.8 Å². The van der Waals surface area contributed by atoms with Gasteiger partial charge in [0, 0.05) is 32.2 Å². The molecule has 0 aromatic heterocycles. The molecule has 6 nitrogen and oxygen atoms in total. The van der Waals surface area contributed by atoms with E-state index in [1.54, 1.807) is 4.90 Å². The molecule has 1 saturated heterocycles. The summed E-state index contributed by atoms with van der Waals surface area (Å²) in [7, 11) is 2.08. The molecule has 2 amide bonds. The lowest BCUT2D eigenvalue weighted by Crippen LogP contribution is -2.55. The molecule has 1 heterocycles. The third kappa shape index (κ3) is 5.53. The van der Waals surface area contributed by atoms with Gasteiger partial charge in [-0.05, 0) is 25.8 Å². The fourth-order valence-electron chi connectivity index (χ4n) is 2.73. The van der Waals surface area contributed by atoms with E-state index in [-0.39, 0.29) is 12.6 Å². The van der Waals surface area contributed by atoms with Gasteiger partial charge in [-0.1, -0.05) is 20.8 Å². The summed E-state index contributed by atoms with van der Waals surface area (Å²) in [5.41, 5.74) is 0. The van der Waals surface area contributed by atoms with Crippen molar-refractivity contribution in [3.8, 4) is 0 Å². The summed E-state index contributed by atoms with van der Waals surface area (Å²) in [6, 6.07) is 0.243. The molecule has 6 heteroatoms. The van der Waals surface area contributed by atoms with Gasteiger partial charge in [0.2, 0.25) is 0 Å². The minimum absolute atomic E-state index is 0.142. The van der Waals surface area contributed by atoms with Crippen LogP contribution in [-0.2, 0) is 4.79 Å². The number of carboxylic acids is 1. The molecule has 0 aromatic carbocycles. The lowest BCUT2D eigenvalue weighted by atomic mass is 9.97. The van der Waals surface area contributed by atoms with Crippen molar-refractivity contribution >= 4 is 12.0 Å². The smallest absolute Gasteiger partial charge is 0.317 e. The number of likely N-dealkylation sites (N-methyl/N-ethyl adjacent to an activating group) is 1. The molecule has 0 aliphatic carbocycles. The maximum Gasteiger partial charge on any atom is 0.317 e. The number of carbonyl (C=O) groups excluding carboxylic acids is 1. The summed E-state index contributed by atoms with van der Waals surface area (Å²) in [6.45, 7) is 8.57. The lowest BCUT2D eigenvalue weighted by molar-refractivity contribution is -0.142. The summed E-state index contributed by atoms with van der Waals surface area (Å²) in [4.78, 5) is 27.4. The number of hydrogen-bond acceptors (Lipinski definition) is 3. The first-order valence-electron chi connectivity index (χ1n) is 7.80. The lowest BCUT2D eigenvalue weighted by Gasteiger charge is -2.39. The fraction of sp³-hybridized carbons (Fsp3) is 0.867. The quantitative estimate of drug-likeness (QED) is 0.779. The highest BCUT2D eigenvalue weighted by atomic mass is 16.4. The molecule has 122 valence electrons.